The van der Waals surface area contributed by atoms with Crippen molar-refractivity contribution in [1.29, 1.82) is 0 Å². The number of allylic oxidation sites excluding steroid dienone is 1. The first kappa shape index (κ1) is 18.5. The molecule has 3 aliphatic carbocycles. The Kier molecular flexibility index (Phi) is 3.42. The molecule has 0 radical (unpaired) electrons. The molecule has 0 aromatic heterocycles. The van der Waals surface area contributed by atoms with E-state index in [1.54, 1.807) is 6.92 Å². The molecule has 28 heavy (non-hydrogen) atoms. The Morgan fingerprint density at radius 2 is 1.89 bits per heavy atom. The second-order valence-electron chi connectivity index (χ2n) is 9.48. The molecule has 8 heteroatoms. The zero-order valence-electron chi connectivity index (χ0n) is 16.3. The minimum atomic E-state index is -1.75. The highest BCUT2D eigenvalue weighted by molar-refractivity contribution is 6.01. The van der Waals surface area contributed by atoms with Gasteiger partial charge in [0.25, 0.3) is 0 Å². The van der Waals surface area contributed by atoms with Crippen molar-refractivity contribution >= 4 is 11.8 Å². The number of aliphatic hydroxyl groups is 3. The molecule has 3 aliphatic heterocycles. The minimum absolute atomic E-state index is 0.0396. The van der Waals surface area contributed by atoms with Gasteiger partial charge >= 0.3 is 5.97 Å². The largest absolute Gasteiger partial charge is 0.511 e. The number of hydrogen-bond acceptors (Lipinski definition) is 8. The molecule has 154 valence electrons. The molecule has 3 heterocycles. The van der Waals surface area contributed by atoms with Gasteiger partial charge in [0.1, 0.15) is 16.9 Å². The molecule has 0 amide bonds. The maximum atomic E-state index is 13.6. The number of esters is 1. The zero-order chi connectivity index (χ0) is 20.4. The fourth-order valence-corrected chi connectivity index (χ4v) is 6.95. The molecule has 6 aliphatic rings. The van der Waals surface area contributed by atoms with E-state index in [-0.39, 0.29) is 23.7 Å². The molecule has 0 aromatic carbocycles. The van der Waals surface area contributed by atoms with E-state index >= 15 is 0 Å². The number of methoxy groups -OCH3 is 1. The first-order valence-corrected chi connectivity index (χ1v) is 9.86. The lowest BCUT2D eigenvalue weighted by Crippen LogP contribution is -2.72. The van der Waals surface area contributed by atoms with Crippen LogP contribution >= 0.6 is 0 Å². The van der Waals surface area contributed by atoms with Crippen LogP contribution in [0.2, 0.25) is 0 Å². The van der Waals surface area contributed by atoms with Crippen LogP contribution in [0.3, 0.4) is 0 Å². The van der Waals surface area contributed by atoms with Crippen molar-refractivity contribution in [2.75, 3.05) is 7.11 Å². The van der Waals surface area contributed by atoms with Gasteiger partial charge in [-0.1, -0.05) is 13.8 Å². The van der Waals surface area contributed by atoms with Gasteiger partial charge in [-0.15, -0.1) is 0 Å². The predicted octanol–water partition coefficient (Wildman–Crippen LogP) is 0.253. The van der Waals surface area contributed by atoms with E-state index in [1.807, 2.05) is 6.92 Å². The predicted molar refractivity (Wildman–Crippen MR) is 93.1 cm³/mol. The monoisotopic (exact) mass is 394 g/mol. The number of ether oxygens (including phenoxy) is 3. The van der Waals surface area contributed by atoms with Gasteiger partial charge in [-0.25, -0.2) is 4.79 Å². The van der Waals surface area contributed by atoms with Gasteiger partial charge in [0.15, 0.2) is 17.0 Å². The second kappa shape index (κ2) is 5.16. The summed E-state index contributed by atoms with van der Waals surface area (Å²) in [5.41, 5.74) is -4.67. The third kappa shape index (κ3) is 1.69. The number of fused-ring (bicyclic) bond motifs is 1. The molecule has 3 N–H and O–H groups in total. The molecule has 10 unspecified atom stereocenters. The van der Waals surface area contributed by atoms with Crippen molar-refractivity contribution < 1.29 is 39.1 Å². The number of rotatable bonds is 1. The van der Waals surface area contributed by atoms with Crippen LogP contribution in [0.1, 0.15) is 33.6 Å². The van der Waals surface area contributed by atoms with Crippen LogP contribution in [-0.4, -0.2) is 69.3 Å². The summed E-state index contributed by atoms with van der Waals surface area (Å²) in [5, 5.41) is 33.0. The van der Waals surface area contributed by atoms with E-state index in [0.29, 0.717) is 6.42 Å². The Labute approximate surface area is 162 Å². The first-order chi connectivity index (χ1) is 13.0. The fraction of sp³-hybridized carbons (Fsp3) is 0.800. The molecule has 0 aromatic rings. The van der Waals surface area contributed by atoms with Crippen molar-refractivity contribution in [1.82, 2.24) is 0 Å². The van der Waals surface area contributed by atoms with E-state index < -0.39 is 64.6 Å². The van der Waals surface area contributed by atoms with Crippen LogP contribution < -0.4 is 0 Å². The summed E-state index contributed by atoms with van der Waals surface area (Å²) in [6.45, 7) is 4.97. The quantitative estimate of drug-likeness (QED) is 0.541. The molecule has 10 atom stereocenters. The van der Waals surface area contributed by atoms with Crippen LogP contribution in [0.4, 0.5) is 0 Å². The van der Waals surface area contributed by atoms with E-state index in [1.165, 1.54) is 14.0 Å². The highest BCUT2D eigenvalue weighted by Crippen LogP contribution is 2.71. The molecular weight excluding hydrogens is 368 g/mol. The van der Waals surface area contributed by atoms with Crippen LogP contribution in [0.25, 0.3) is 0 Å². The molecule has 4 bridgehead atoms. The van der Waals surface area contributed by atoms with E-state index in [2.05, 4.69) is 0 Å². The van der Waals surface area contributed by atoms with Crippen molar-refractivity contribution in [3.63, 3.8) is 0 Å². The second-order valence-corrected chi connectivity index (χ2v) is 9.48. The number of carbonyl (C=O) groups excluding carboxylic acids is 2. The zero-order valence-corrected chi connectivity index (χ0v) is 16.3. The van der Waals surface area contributed by atoms with E-state index in [4.69, 9.17) is 14.2 Å². The molecule has 6 rings (SSSR count). The van der Waals surface area contributed by atoms with Gasteiger partial charge in [0, 0.05) is 13.0 Å². The number of carbonyl (C=O) groups is 2. The number of Topliss-reactive ketones (excluding diaryl/α,β-unsaturated/α-hetero) is 1. The van der Waals surface area contributed by atoms with Gasteiger partial charge < -0.3 is 29.5 Å². The average Bonchev–Trinajstić information content (AvgIpc) is 2.94. The summed E-state index contributed by atoms with van der Waals surface area (Å²) in [6.07, 6.45) is -2.08. The van der Waals surface area contributed by atoms with Crippen molar-refractivity contribution in [3.05, 3.63) is 11.3 Å². The SMILES string of the molecule is COC1C2C(O)C3OC45C(=C(O)C(C)CC(C)(O)C(=O)C14)C(=O)OC25CC3C. The Balaban J connectivity index is 1.87. The molecule has 3 saturated heterocycles. The highest BCUT2D eigenvalue weighted by atomic mass is 16.6. The van der Waals surface area contributed by atoms with Crippen LogP contribution in [-0.2, 0) is 23.8 Å². The normalized spacial score (nSPS) is 57.1. The molecule has 2 spiro atoms. The molecule has 2 saturated carbocycles. The number of aliphatic hydroxyl groups excluding tert-OH is 2. The first-order valence-electron chi connectivity index (χ1n) is 9.86. The number of ketones is 1. The summed E-state index contributed by atoms with van der Waals surface area (Å²) in [5.74, 6) is -3.95. The third-order valence-corrected chi connectivity index (χ3v) is 7.86. The average molecular weight is 394 g/mol. The Morgan fingerprint density at radius 3 is 2.54 bits per heavy atom. The highest BCUT2D eigenvalue weighted by Gasteiger charge is 2.88. The lowest BCUT2D eigenvalue weighted by Gasteiger charge is -2.58. The maximum absolute atomic E-state index is 13.6. The summed E-state index contributed by atoms with van der Waals surface area (Å²) >= 11 is 0. The van der Waals surface area contributed by atoms with Crippen molar-refractivity contribution in [2.45, 2.75) is 68.7 Å². The number of hydrogen-bond donors (Lipinski definition) is 3. The third-order valence-electron chi connectivity index (χ3n) is 7.86. The Hall–Kier alpha value is -1.48. The maximum Gasteiger partial charge on any atom is 0.341 e. The summed E-state index contributed by atoms with van der Waals surface area (Å²) in [4.78, 5) is 26.6. The topological polar surface area (TPSA) is 123 Å². The van der Waals surface area contributed by atoms with Gasteiger partial charge in [-0.3, -0.25) is 4.79 Å². The van der Waals surface area contributed by atoms with Gasteiger partial charge in [-0.05, 0) is 25.7 Å². The standard InChI is InChI=1S/C20H26O8/c1-7-5-18(3,25)16(23)11-15(26-4)9-13(22)14-8(2)6-19(9)20(11,27-14)10(12(7)21)17(24)28-19/h7-9,11,13-15,21-22,25H,5-6H2,1-4H3. The Morgan fingerprint density at radius 1 is 1.21 bits per heavy atom. The van der Waals surface area contributed by atoms with Crippen molar-refractivity contribution in [2.24, 2.45) is 23.7 Å². The van der Waals surface area contributed by atoms with Crippen molar-refractivity contribution in [3.8, 4) is 0 Å². The van der Waals surface area contributed by atoms with Crippen LogP contribution in [0.5, 0.6) is 0 Å². The van der Waals surface area contributed by atoms with E-state index in [0.717, 1.165) is 0 Å². The smallest absolute Gasteiger partial charge is 0.341 e. The minimum Gasteiger partial charge on any atom is -0.511 e. The van der Waals surface area contributed by atoms with Gasteiger partial charge in [-0.2, -0.15) is 0 Å². The molecule has 8 nitrogen and oxygen atoms in total. The Bertz CT molecular complexity index is 817. The summed E-state index contributed by atoms with van der Waals surface area (Å²) < 4.78 is 17.9. The van der Waals surface area contributed by atoms with Crippen LogP contribution in [0.15, 0.2) is 11.3 Å². The van der Waals surface area contributed by atoms with E-state index in [9.17, 15) is 24.9 Å². The summed E-state index contributed by atoms with van der Waals surface area (Å²) in [6, 6.07) is 0. The van der Waals surface area contributed by atoms with Crippen LogP contribution in [0, 0.1) is 23.7 Å². The lowest BCUT2D eigenvalue weighted by molar-refractivity contribution is -0.303. The van der Waals surface area contributed by atoms with Gasteiger partial charge in [0.2, 0.25) is 0 Å². The fourth-order valence-electron chi connectivity index (χ4n) is 6.95. The molecule has 5 fully saturated rings. The lowest BCUT2D eigenvalue weighted by atomic mass is 9.59. The summed E-state index contributed by atoms with van der Waals surface area (Å²) in [7, 11) is 1.44. The van der Waals surface area contributed by atoms with Gasteiger partial charge in [0.05, 0.1) is 30.1 Å². The molecular formula is C20H26O8.